The Bertz CT molecular complexity index is 620. The van der Waals surface area contributed by atoms with Gasteiger partial charge in [0.25, 0.3) is 5.91 Å². The summed E-state index contributed by atoms with van der Waals surface area (Å²) in [6, 6.07) is 7.23. The Kier molecular flexibility index (Phi) is 4.96. The molecule has 21 heavy (non-hydrogen) atoms. The van der Waals surface area contributed by atoms with E-state index in [2.05, 4.69) is 24.1 Å². The maximum atomic E-state index is 12.4. The van der Waals surface area contributed by atoms with Gasteiger partial charge >= 0.3 is 0 Å². The molecule has 1 amide bonds. The van der Waals surface area contributed by atoms with Crippen molar-refractivity contribution in [3.8, 4) is 5.75 Å². The van der Waals surface area contributed by atoms with Gasteiger partial charge in [-0.05, 0) is 31.9 Å². The van der Waals surface area contributed by atoms with Crippen molar-refractivity contribution in [1.82, 2.24) is 4.98 Å². The van der Waals surface area contributed by atoms with Crippen LogP contribution in [0.1, 0.15) is 48.8 Å². The maximum absolute atomic E-state index is 12.4. The van der Waals surface area contributed by atoms with Crippen molar-refractivity contribution in [2.24, 2.45) is 0 Å². The molecule has 2 aromatic rings. The zero-order valence-electron chi connectivity index (χ0n) is 12.7. The molecule has 5 heteroatoms. The van der Waals surface area contributed by atoms with E-state index < -0.39 is 0 Å². The topological polar surface area (TPSA) is 51.2 Å². The number of hydrogen-bond acceptors (Lipinski definition) is 4. The number of benzene rings is 1. The van der Waals surface area contributed by atoms with Crippen LogP contribution in [0.3, 0.4) is 0 Å². The molecule has 4 nitrogen and oxygen atoms in total. The third-order valence-corrected chi connectivity index (χ3v) is 4.02. The Labute approximate surface area is 129 Å². The van der Waals surface area contributed by atoms with Gasteiger partial charge in [-0.3, -0.25) is 10.1 Å². The van der Waals surface area contributed by atoms with Gasteiger partial charge in [0.05, 0.1) is 11.7 Å². The van der Waals surface area contributed by atoms with Crippen LogP contribution >= 0.6 is 11.3 Å². The Morgan fingerprint density at radius 2 is 1.95 bits per heavy atom. The lowest BCUT2D eigenvalue weighted by Crippen LogP contribution is -2.15. The van der Waals surface area contributed by atoms with Crippen molar-refractivity contribution in [3.63, 3.8) is 0 Å². The van der Waals surface area contributed by atoms with E-state index in [1.165, 1.54) is 11.3 Å². The van der Waals surface area contributed by atoms with Gasteiger partial charge in [0.1, 0.15) is 5.75 Å². The van der Waals surface area contributed by atoms with Crippen LogP contribution in [-0.4, -0.2) is 17.0 Å². The van der Waals surface area contributed by atoms with Gasteiger partial charge in [-0.25, -0.2) is 4.98 Å². The van der Waals surface area contributed by atoms with Gasteiger partial charge in [-0.15, -0.1) is 11.3 Å². The van der Waals surface area contributed by atoms with Crippen molar-refractivity contribution < 1.29 is 9.53 Å². The molecule has 1 aromatic carbocycles. The predicted octanol–water partition coefficient (Wildman–Crippen LogP) is 4.31. The fourth-order valence-electron chi connectivity index (χ4n) is 1.79. The monoisotopic (exact) mass is 304 g/mol. The summed E-state index contributed by atoms with van der Waals surface area (Å²) < 4.78 is 5.67. The standard InChI is InChI=1S/C16H20N2O2S/c1-10(2)14-9-17-16(21-14)18-15(19)12-7-5-6-8-13(12)20-11(3)4/h5-11H,1-4H3,(H,17,18,19). The van der Waals surface area contributed by atoms with Crippen LogP contribution in [0.5, 0.6) is 5.75 Å². The molecule has 0 aliphatic heterocycles. The van der Waals surface area contributed by atoms with Gasteiger partial charge in [0, 0.05) is 11.1 Å². The lowest BCUT2D eigenvalue weighted by molar-refractivity contribution is 0.102. The lowest BCUT2D eigenvalue weighted by Gasteiger charge is -2.13. The number of thiazole rings is 1. The Balaban J connectivity index is 2.16. The summed E-state index contributed by atoms with van der Waals surface area (Å²) in [5.74, 6) is 0.797. The molecular formula is C16H20N2O2S. The van der Waals surface area contributed by atoms with E-state index in [9.17, 15) is 4.79 Å². The number of carbonyl (C=O) groups is 1. The van der Waals surface area contributed by atoms with E-state index in [-0.39, 0.29) is 12.0 Å². The molecule has 2 rings (SSSR count). The molecule has 1 N–H and O–H groups in total. The zero-order chi connectivity index (χ0) is 15.4. The number of ether oxygens (including phenoxy) is 1. The van der Waals surface area contributed by atoms with Gasteiger partial charge < -0.3 is 4.74 Å². The Morgan fingerprint density at radius 3 is 2.57 bits per heavy atom. The summed E-state index contributed by atoms with van der Waals surface area (Å²) in [6.45, 7) is 8.07. The number of amides is 1. The molecule has 0 atom stereocenters. The molecule has 1 heterocycles. The molecule has 0 radical (unpaired) electrons. The molecule has 0 saturated carbocycles. The van der Waals surface area contributed by atoms with E-state index in [1.807, 2.05) is 32.2 Å². The minimum Gasteiger partial charge on any atom is -0.490 e. The lowest BCUT2D eigenvalue weighted by atomic mass is 10.2. The van der Waals surface area contributed by atoms with E-state index in [4.69, 9.17) is 4.74 Å². The van der Waals surface area contributed by atoms with Crippen LogP contribution in [0, 0.1) is 0 Å². The van der Waals surface area contributed by atoms with Crippen molar-refractivity contribution >= 4 is 22.4 Å². The van der Waals surface area contributed by atoms with E-state index in [1.54, 1.807) is 12.1 Å². The van der Waals surface area contributed by atoms with Crippen LogP contribution in [0.25, 0.3) is 0 Å². The van der Waals surface area contributed by atoms with Crippen molar-refractivity contribution in [2.45, 2.75) is 39.7 Å². The van der Waals surface area contributed by atoms with Crippen LogP contribution in [-0.2, 0) is 0 Å². The average molecular weight is 304 g/mol. The number of para-hydroxylation sites is 1. The normalized spacial score (nSPS) is 11.0. The molecule has 1 aromatic heterocycles. The van der Waals surface area contributed by atoms with Crippen LogP contribution in [0.2, 0.25) is 0 Å². The summed E-state index contributed by atoms with van der Waals surface area (Å²) in [4.78, 5) is 17.8. The SMILES string of the molecule is CC(C)Oc1ccccc1C(=O)Nc1ncc(C(C)C)s1. The fourth-order valence-corrected chi connectivity index (χ4v) is 2.60. The summed E-state index contributed by atoms with van der Waals surface area (Å²) >= 11 is 1.50. The summed E-state index contributed by atoms with van der Waals surface area (Å²) in [5, 5.41) is 3.45. The number of aromatic nitrogens is 1. The van der Waals surface area contributed by atoms with Crippen molar-refractivity contribution in [1.29, 1.82) is 0 Å². The molecule has 112 valence electrons. The molecular weight excluding hydrogens is 284 g/mol. The first-order chi connectivity index (χ1) is 9.97. The summed E-state index contributed by atoms with van der Waals surface area (Å²) in [5.41, 5.74) is 0.521. The highest BCUT2D eigenvalue weighted by molar-refractivity contribution is 7.15. The van der Waals surface area contributed by atoms with E-state index in [0.717, 1.165) is 4.88 Å². The van der Waals surface area contributed by atoms with Crippen molar-refractivity contribution in [2.75, 3.05) is 5.32 Å². The van der Waals surface area contributed by atoms with Crippen LogP contribution in [0.15, 0.2) is 30.5 Å². The highest BCUT2D eigenvalue weighted by atomic mass is 32.1. The number of anilines is 1. The zero-order valence-corrected chi connectivity index (χ0v) is 13.5. The first-order valence-corrected chi connectivity index (χ1v) is 7.81. The number of nitrogens with zero attached hydrogens (tertiary/aromatic N) is 1. The van der Waals surface area contributed by atoms with Gasteiger partial charge in [0.2, 0.25) is 0 Å². The summed E-state index contributed by atoms with van der Waals surface area (Å²) in [7, 11) is 0. The van der Waals surface area contributed by atoms with Crippen LogP contribution < -0.4 is 10.1 Å². The van der Waals surface area contributed by atoms with Gasteiger partial charge in [0.15, 0.2) is 5.13 Å². The third-order valence-electron chi connectivity index (χ3n) is 2.81. The van der Waals surface area contributed by atoms with Crippen molar-refractivity contribution in [3.05, 3.63) is 40.9 Å². The largest absolute Gasteiger partial charge is 0.490 e. The molecule has 0 bridgehead atoms. The Hall–Kier alpha value is -1.88. The smallest absolute Gasteiger partial charge is 0.261 e. The Morgan fingerprint density at radius 1 is 1.24 bits per heavy atom. The number of rotatable bonds is 5. The van der Waals surface area contributed by atoms with E-state index >= 15 is 0 Å². The quantitative estimate of drug-likeness (QED) is 0.895. The maximum Gasteiger partial charge on any atom is 0.261 e. The minimum atomic E-state index is -0.198. The number of nitrogens with one attached hydrogen (secondary N) is 1. The molecule has 0 saturated heterocycles. The second-order valence-electron chi connectivity index (χ2n) is 5.34. The average Bonchev–Trinajstić information content (AvgIpc) is 2.87. The number of hydrogen-bond donors (Lipinski definition) is 1. The second kappa shape index (κ2) is 6.72. The molecule has 0 fully saturated rings. The molecule has 0 aliphatic carbocycles. The molecule has 0 aliphatic rings. The minimum absolute atomic E-state index is 0.0198. The first kappa shape index (κ1) is 15.5. The number of carbonyl (C=O) groups excluding carboxylic acids is 1. The highest BCUT2D eigenvalue weighted by Gasteiger charge is 2.15. The summed E-state index contributed by atoms with van der Waals surface area (Å²) in [6.07, 6.45) is 1.83. The van der Waals surface area contributed by atoms with E-state index in [0.29, 0.717) is 22.4 Å². The van der Waals surface area contributed by atoms with Gasteiger partial charge in [-0.2, -0.15) is 0 Å². The predicted molar refractivity (Wildman–Crippen MR) is 86.4 cm³/mol. The molecule has 0 spiro atoms. The fraction of sp³-hybridized carbons (Fsp3) is 0.375. The molecule has 0 unspecified atom stereocenters. The third kappa shape index (κ3) is 4.04. The second-order valence-corrected chi connectivity index (χ2v) is 6.40. The van der Waals surface area contributed by atoms with Gasteiger partial charge in [-0.1, -0.05) is 26.0 Å². The first-order valence-electron chi connectivity index (χ1n) is 7.00. The van der Waals surface area contributed by atoms with Crippen LogP contribution in [0.4, 0.5) is 5.13 Å². The highest BCUT2D eigenvalue weighted by Crippen LogP contribution is 2.26.